The zero-order chi connectivity index (χ0) is 13.9. The molecule has 19 heavy (non-hydrogen) atoms. The summed E-state index contributed by atoms with van der Waals surface area (Å²) in [7, 11) is 0. The third-order valence-corrected chi connectivity index (χ3v) is 3.63. The first-order chi connectivity index (χ1) is 8.96. The maximum Gasteiger partial charge on any atom is 0.122 e. The second-order valence-electron chi connectivity index (χ2n) is 6.94. The van der Waals surface area contributed by atoms with E-state index in [1.807, 2.05) is 6.20 Å². The maximum atomic E-state index is 4.43. The standard InChI is InChI=1S/C15H28N4/c1-13(2)9-16-11-15(3,4)12-18-7-8-19-6-5-17-14(19)10-18/h5-6,13,16H,7-12H2,1-4H3. The summed E-state index contributed by atoms with van der Waals surface area (Å²) in [6.45, 7) is 15.7. The molecule has 0 amide bonds. The van der Waals surface area contributed by atoms with Crippen LogP contribution in [0.5, 0.6) is 0 Å². The van der Waals surface area contributed by atoms with Gasteiger partial charge in [0, 0.05) is 38.6 Å². The number of hydrogen-bond acceptors (Lipinski definition) is 3. The molecule has 2 heterocycles. The molecule has 0 saturated heterocycles. The first-order valence-corrected chi connectivity index (χ1v) is 7.39. The lowest BCUT2D eigenvalue weighted by atomic mass is 9.92. The van der Waals surface area contributed by atoms with Crippen LogP contribution in [-0.4, -0.2) is 40.6 Å². The predicted molar refractivity (Wildman–Crippen MR) is 79.0 cm³/mol. The van der Waals surface area contributed by atoms with E-state index >= 15 is 0 Å². The summed E-state index contributed by atoms with van der Waals surface area (Å²) in [6.07, 6.45) is 4.00. The Morgan fingerprint density at radius 3 is 2.89 bits per heavy atom. The van der Waals surface area contributed by atoms with Crippen LogP contribution >= 0.6 is 0 Å². The lowest BCUT2D eigenvalue weighted by Crippen LogP contribution is -2.44. The van der Waals surface area contributed by atoms with E-state index in [1.165, 1.54) is 5.82 Å². The van der Waals surface area contributed by atoms with Crippen molar-refractivity contribution in [2.24, 2.45) is 11.3 Å². The van der Waals surface area contributed by atoms with Gasteiger partial charge in [0.2, 0.25) is 0 Å². The van der Waals surface area contributed by atoms with Crippen molar-refractivity contribution in [2.45, 2.75) is 40.8 Å². The lowest BCUT2D eigenvalue weighted by Gasteiger charge is -2.35. The highest BCUT2D eigenvalue weighted by atomic mass is 15.2. The molecule has 0 spiro atoms. The van der Waals surface area contributed by atoms with Crippen molar-refractivity contribution in [3.8, 4) is 0 Å². The summed E-state index contributed by atoms with van der Waals surface area (Å²) in [5.74, 6) is 1.93. The Kier molecular flexibility index (Phi) is 4.63. The van der Waals surface area contributed by atoms with Gasteiger partial charge in [-0.3, -0.25) is 4.90 Å². The van der Waals surface area contributed by atoms with Crippen LogP contribution in [0, 0.1) is 11.3 Å². The van der Waals surface area contributed by atoms with E-state index in [-0.39, 0.29) is 0 Å². The molecular formula is C15H28N4. The maximum absolute atomic E-state index is 4.43. The molecular weight excluding hydrogens is 236 g/mol. The number of nitrogens with one attached hydrogen (secondary N) is 1. The highest BCUT2D eigenvalue weighted by Crippen LogP contribution is 2.19. The third kappa shape index (κ3) is 4.32. The van der Waals surface area contributed by atoms with Crippen LogP contribution in [-0.2, 0) is 13.1 Å². The predicted octanol–water partition coefficient (Wildman–Crippen LogP) is 1.97. The Labute approximate surface area is 117 Å². The van der Waals surface area contributed by atoms with E-state index < -0.39 is 0 Å². The summed E-state index contributed by atoms with van der Waals surface area (Å²) in [5.41, 5.74) is 0.309. The van der Waals surface area contributed by atoms with Crippen LogP contribution in [0.25, 0.3) is 0 Å². The minimum atomic E-state index is 0.309. The van der Waals surface area contributed by atoms with Crippen LogP contribution in [0.3, 0.4) is 0 Å². The fraction of sp³-hybridized carbons (Fsp3) is 0.800. The van der Waals surface area contributed by atoms with Crippen LogP contribution in [0.4, 0.5) is 0 Å². The highest BCUT2D eigenvalue weighted by molar-refractivity contribution is 4.96. The Morgan fingerprint density at radius 2 is 2.16 bits per heavy atom. The number of fused-ring (bicyclic) bond motifs is 1. The largest absolute Gasteiger partial charge is 0.333 e. The second kappa shape index (κ2) is 6.06. The van der Waals surface area contributed by atoms with Crippen molar-refractivity contribution in [2.75, 3.05) is 26.2 Å². The van der Waals surface area contributed by atoms with E-state index in [0.29, 0.717) is 5.41 Å². The molecule has 0 fully saturated rings. The summed E-state index contributed by atoms with van der Waals surface area (Å²) in [5, 5.41) is 3.58. The molecule has 0 aromatic carbocycles. The number of rotatable bonds is 6. The van der Waals surface area contributed by atoms with Gasteiger partial charge in [-0.2, -0.15) is 0 Å². The number of imidazole rings is 1. The van der Waals surface area contributed by atoms with Crippen molar-refractivity contribution >= 4 is 0 Å². The number of nitrogens with zero attached hydrogens (tertiary/aromatic N) is 3. The smallest absolute Gasteiger partial charge is 0.122 e. The first-order valence-electron chi connectivity index (χ1n) is 7.39. The topological polar surface area (TPSA) is 33.1 Å². The van der Waals surface area contributed by atoms with Gasteiger partial charge in [0.25, 0.3) is 0 Å². The average molecular weight is 264 g/mol. The molecule has 0 aliphatic carbocycles. The Balaban J connectivity index is 1.80. The Bertz CT molecular complexity index is 395. The molecule has 1 aliphatic heterocycles. The summed E-state index contributed by atoms with van der Waals surface area (Å²) in [4.78, 5) is 6.96. The van der Waals surface area contributed by atoms with Crippen molar-refractivity contribution in [3.63, 3.8) is 0 Å². The number of aromatic nitrogens is 2. The molecule has 4 heteroatoms. The van der Waals surface area contributed by atoms with Crippen molar-refractivity contribution in [3.05, 3.63) is 18.2 Å². The normalized spacial score (nSPS) is 16.9. The molecule has 108 valence electrons. The summed E-state index contributed by atoms with van der Waals surface area (Å²) in [6, 6.07) is 0. The third-order valence-electron chi connectivity index (χ3n) is 3.63. The first kappa shape index (κ1) is 14.5. The monoisotopic (exact) mass is 264 g/mol. The summed E-state index contributed by atoms with van der Waals surface area (Å²) < 4.78 is 2.26. The molecule has 1 aromatic heterocycles. The molecule has 0 radical (unpaired) electrons. The lowest BCUT2D eigenvalue weighted by molar-refractivity contribution is 0.141. The second-order valence-corrected chi connectivity index (χ2v) is 6.94. The van der Waals surface area contributed by atoms with E-state index in [0.717, 1.165) is 45.2 Å². The van der Waals surface area contributed by atoms with Gasteiger partial charge >= 0.3 is 0 Å². The quantitative estimate of drug-likeness (QED) is 0.853. The molecule has 4 nitrogen and oxygen atoms in total. The van der Waals surface area contributed by atoms with Crippen LogP contribution in [0.1, 0.15) is 33.5 Å². The van der Waals surface area contributed by atoms with Crippen LogP contribution in [0.2, 0.25) is 0 Å². The minimum Gasteiger partial charge on any atom is -0.333 e. The average Bonchev–Trinajstić information content (AvgIpc) is 2.74. The van der Waals surface area contributed by atoms with Gasteiger partial charge in [-0.05, 0) is 17.9 Å². The van der Waals surface area contributed by atoms with Gasteiger partial charge in [0.1, 0.15) is 5.82 Å². The Morgan fingerprint density at radius 1 is 1.37 bits per heavy atom. The van der Waals surface area contributed by atoms with Crippen LogP contribution in [0.15, 0.2) is 12.4 Å². The molecule has 1 aromatic rings. The molecule has 1 N–H and O–H groups in total. The van der Waals surface area contributed by atoms with Gasteiger partial charge in [0.05, 0.1) is 6.54 Å². The zero-order valence-electron chi connectivity index (χ0n) is 12.8. The summed E-state index contributed by atoms with van der Waals surface area (Å²) >= 11 is 0. The Hall–Kier alpha value is -0.870. The van der Waals surface area contributed by atoms with E-state index in [4.69, 9.17) is 0 Å². The van der Waals surface area contributed by atoms with Crippen LogP contribution < -0.4 is 5.32 Å². The van der Waals surface area contributed by atoms with Crippen molar-refractivity contribution in [1.29, 1.82) is 0 Å². The van der Waals surface area contributed by atoms with E-state index in [1.54, 1.807) is 0 Å². The molecule has 2 rings (SSSR count). The number of hydrogen-bond donors (Lipinski definition) is 1. The van der Waals surface area contributed by atoms with Crippen molar-refractivity contribution in [1.82, 2.24) is 19.8 Å². The highest BCUT2D eigenvalue weighted by Gasteiger charge is 2.24. The van der Waals surface area contributed by atoms with Gasteiger partial charge in [0.15, 0.2) is 0 Å². The molecule has 0 unspecified atom stereocenters. The van der Waals surface area contributed by atoms with E-state index in [2.05, 4.69) is 53.7 Å². The minimum absolute atomic E-state index is 0.309. The van der Waals surface area contributed by atoms with Gasteiger partial charge < -0.3 is 9.88 Å². The van der Waals surface area contributed by atoms with Gasteiger partial charge in [-0.1, -0.05) is 27.7 Å². The molecule has 1 aliphatic rings. The molecule has 0 saturated carbocycles. The molecule has 0 bridgehead atoms. The fourth-order valence-corrected chi connectivity index (χ4v) is 2.72. The van der Waals surface area contributed by atoms with E-state index in [9.17, 15) is 0 Å². The zero-order valence-corrected chi connectivity index (χ0v) is 12.8. The molecule has 0 atom stereocenters. The van der Waals surface area contributed by atoms with Gasteiger partial charge in [-0.25, -0.2) is 4.98 Å². The van der Waals surface area contributed by atoms with Gasteiger partial charge in [-0.15, -0.1) is 0 Å². The fourth-order valence-electron chi connectivity index (χ4n) is 2.72. The van der Waals surface area contributed by atoms with Crippen molar-refractivity contribution < 1.29 is 0 Å². The SMILES string of the molecule is CC(C)CNCC(C)(C)CN1CCn2ccnc2C1.